The monoisotopic (exact) mass is 310 g/mol. The van der Waals surface area contributed by atoms with Crippen molar-refractivity contribution in [1.29, 1.82) is 0 Å². The smallest absolute Gasteiger partial charge is 0.267 e. The van der Waals surface area contributed by atoms with E-state index < -0.39 is 0 Å². The predicted molar refractivity (Wildman–Crippen MR) is 86.5 cm³/mol. The van der Waals surface area contributed by atoms with E-state index in [4.69, 9.17) is 14.0 Å². The minimum absolute atomic E-state index is 0.322. The third-order valence-corrected chi connectivity index (χ3v) is 3.47. The van der Waals surface area contributed by atoms with Crippen molar-refractivity contribution in [3.05, 3.63) is 60.0 Å². The first-order valence-electron chi connectivity index (χ1n) is 7.37. The highest BCUT2D eigenvalue weighted by Crippen LogP contribution is 2.24. The van der Waals surface area contributed by atoms with Crippen LogP contribution in [-0.4, -0.2) is 17.3 Å². The molecule has 1 aromatic heterocycles. The van der Waals surface area contributed by atoms with E-state index in [1.165, 1.54) is 5.56 Å². The van der Waals surface area contributed by atoms with Crippen molar-refractivity contribution in [3.8, 4) is 22.9 Å². The molecule has 23 heavy (non-hydrogen) atoms. The maximum atomic E-state index is 5.82. The van der Waals surface area contributed by atoms with E-state index in [2.05, 4.69) is 10.1 Å². The molecule has 2 aromatic carbocycles. The number of hydrogen-bond donors (Lipinski definition) is 0. The SMILES string of the molecule is COc1ccc(-c2noc([C@H](C)Oc3ccc(C)cc3)n2)cc1. The Hall–Kier alpha value is -2.82. The van der Waals surface area contributed by atoms with Crippen LogP contribution in [0.25, 0.3) is 11.4 Å². The Morgan fingerprint density at radius 2 is 1.61 bits per heavy atom. The first kappa shape index (κ1) is 15.1. The van der Waals surface area contributed by atoms with Gasteiger partial charge in [-0.05, 0) is 50.2 Å². The topological polar surface area (TPSA) is 57.4 Å². The Bertz CT molecular complexity index is 764. The van der Waals surface area contributed by atoms with Crippen LogP contribution in [0.5, 0.6) is 11.5 Å². The van der Waals surface area contributed by atoms with Gasteiger partial charge >= 0.3 is 0 Å². The number of aromatic nitrogens is 2. The van der Waals surface area contributed by atoms with Crippen LogP contribution >= 0.6 is 0 Å². The summed E-state index contributed by atoms with van der Waals surface area (Å²) in [6, 6.07) is 15.3. The van der Waals surface area contributed by atoms with Crippen molar-refractivity contribution >= 4 is 0 Å². The Balaban J connectivity index is 1.73. The molecular weight excluding hydrogens is 292 g/mol. The average Bonchev–Trinajstić information content (AvgIpc) is 3.07. The zero-order valence-electron chi connectivity index (χ0n) is 13.3. The number of aryl methyl sites for hydroxylation is 1. The molecule has 0 N–H and O–H groups in total. The Morgan fingerprint density at radius 3 is 2.26 bits per heavy atom. The van der Waals surface area contributed by atoms with Crippen LogP contribution in [0.2, 0.25) is 0 Å². The Kier molecular flexibility index (Phi) is 4.28. The van der Waals surface area contributed by atoms with Crippen molar-refractivity contribution in [1.82, 2.24) is 10.1 Å². The lowest BCUT2D eigenvalue weighted by Crippen LogP contribution is -2.03. The first-order valence-corrected chi connectivity index (χ1v) is 7.37. The first-order chi connectivity index (χ1) is 11.2. The second kappa shape index (κ2) is 6.52. The maximum Gasteiger partial charge on any atom is 0.267 e. The zero-order chi connectivity index (χ0) is 16.2. The van der Waals surface area contributed by atoms with Crippen molar-refractivity contribution in [2.45, 2.75) is 20.0 Å². The van der Waals surface area contributed by atoms with Crippen LogP contribution in [0.3, 0.4) is 0 Å². The number of ether oxygens (including phenoxy) is 2. The van der Waals surface area contributed by atoms with Crippen LogP contribution in [-0.2, 0) is 0 Å². The molecule has 0 radical (unpaired) electrons. The van der Waals surface area contributed by atoms with Gasteiger partial charge in [0.15, 0.2) is 6.10 Å². The largest absolute Gasteiger partial charge is 0.497 e. The quantitative estimate of drug-likeness (QED) is 0.707. The lowest BCUT2D eigenvalue weighted by molar-refractivity contribution is 0.176. The standard InChI is InChI=1S/C18H18N2O3/c1-12-4-8-16(9-5-12)22-13(2)18-19-17(20-23-18)14-6-10-15(21-3)11-7-14/h4-11,13H,1-3H3/t13-/m0/s1. The van der Waals surface area contributed by atoms with Crippen molar-refractivity contribution < 1.29 is 14.0 Å². The summed E-state index contributed by atoms with van der Waals surface area (Å²) in [7, 11) is 1.63. The molecule has 0 aliphatic rings. The van der Waals surface area contributed by atoms with Crippen molar-refractivity contribution in [2.75, 3.05) is 7.11 Å². The summed E-state index contributed by atoms with van der Waals surface area (Å²) in [5, 5.41) is 4.01. The molecule has 0 amide bonds. The van der Waals surface area contributed by atoms with E-state index in [9.17, 15) is 0 Å². The second-order valence-electron chi connectivity index (χ2n) is 5.26. The fourth-order valence-electron chi connectivity index (χ4n) is 2.13. The molecule has 1 heterocycles. The summed E-state index contributed by atoms with van der Waals surface area (Å²) >= 11 is 0. The summed E-state index contributed by atoms with van der Waals surface area (Å²) in [5.74, 6) is 2.53. The molecule has 0 saturated carbocycles. The van der Waals surface area contributed by atoms with Gasteiger partial charge in [0, 0.05) is 5.56 Å². The minimum atomic E-state index is -0.322. The van der Waals surface area contributed by atoms with Gasteiger partial charge in [-0.2, -0.15) is 4.98 Å². The molecule has 5 heteroatoms. The van der Waals surface area contributed by atoms with Gasteiger partial charge in [-0.3, -0.25) is 0 Å². The zero-order valence-corrected chi connectivity index (χ0v) is 13.3. The van der Waals surface area contributed by atoms with Crippen molar-refractivity contribution in [3.63, 3.8) is 0 Å². The normalized spacial score (nSPS) is 12.0. The summed E-state index contributed by atoms with van der Waals surface area (Å²) in [6.07, 6.45) is -0.322. The fraction of sp³-hybridized carbons (Fsp3) is 0.222. The van der Waals surface area contributed by atoms with Crippen LogP contribution in [0.1, 0.15) is 24.5 Å². The number of hydrogen-bond acceptors (Lipinski definition) is 5. The van der Waals surface area contributed by atoms with Gasteiger partial charge in [-0.1, -0.05) is 22.9 Å². The summed E-state index contributed by atoms with van der Waals surface area (Å²) in [6.45, 7) is 3.91. The van der Waals surface area contributed by atoms with E-state index in [0.29, 0.717) is 11.7 Å². The third-order valence-electron chi connectivity index (χ3n) is 3.47. The molecule has 0 fully saturated rings. The van der Waals surface area contributed by atoms with Crippen LogP contribution in [0.15, 0.2) is 53.1 Å². The van der Waals surface area contributed by atoms with Gasteiger partial charge < -0.3 is 14.0 Å². The lowest BCUT2D eigenvalue weighted by atomic mass is 10.2. The molecule has 0 aliphatic carbocycles. The van der Waals surface area contributed by atoms with Gasteiger partial charge in [0.2, 0.25) is 5.82 Å². The molecule has 0 saturated heterocycles. The summed E-state index contributed by atoms with van der Waals surface area (Å²) in [5.41, 5.74) is 2.05. The van der Waals surface area contributed by atoms with E-state index in [-0.39, 0.29) is 6.10 Å². The summed E-state index contributed by atoms with van der Waals surface area (Å²) in [4.78, 5) is 4.41. The molecule has 5 nitrogen and oxygen atoms in total. The third kappa shape index (κ3) is 3.51. The fourth-order valence-corrected chi connectivity index (χ4v) is 2.13. The number of nitrogens with zero attached hydrogens (tertiary/aromatic N) is 2. The highest BCUT2D eigenvalue weighted by Gasteiger charge is 2.16. The summed E-state index contributed by atoms with van der Waals surface area (Å²) < 4.78 is 16.3. The van der Waals surface area contributed by atoms with E-state index in [1.807, 2.05) is 62.4 Å². The molecule has 3 aromatic rings. The van der Waals surface area contributed by atoms with Crippen LogP contribution < -0.4 is 9.47 Å². The van der Waals surface area contributed by atoms with Crippen LogP contribution in [0, 0.1) is 6.92 Å². The van der Waals surface area contributed by atoms with Gasteiger partial charge in [0.25, 0.3) is 5.89 Å². The average molecular weight is 310 g/mol. The van der Waals surface area contributed by atoms with E-state index in [0.717, 1.165) is 17.1 Å². The lowest BCUT2D eigenvalue weighted by Gasteiger charge is -2.10. The van der Waals surface area contributed by atoms with Gasteiger partial charge in [0.1, 0.15) is 11.5 Å². The molecular formula is C18H18N2O3. The molecule has 118 valence electrons. The van der Waals surface area contributed by atoms with Crippen molar-refractivity contribution in [2.24, 2.45) is 0 Å². The highest BCUT2D eigenvalue weighted by atomic mass is 16.5. The van der Waals surface area contributed by atoms with Gasteiger partial charge in [0.05, 0.1) is 7.11 Å². The molecule has 0 aliphatic heterocycles. The second-order valence-corrected chi connectivity index (χ2v) is 5.26. The van der Waals surface area contributed by atoms with Crippen LogP contribution in [0.4, 0.5) is 0 Å². The Labute approximate surface area is 134 Å². The van der Waals surface area contributed by atoms with E-state index >= 15 is 0 Å². The molecule has 3 rings (SSSR count). The highest BCUT2D eigenvalue weighted by molar-refractivity contribution is 5.55. The van der Waals surface area contributed by atoms with Gasteiger partial charge in [-0.15, -0.1) is 0 Å². The predicted octanol–water partition coefficient (Wildman–Crippen LogP) is 4.19. The molecule has 0 unspecified atom stereocenters. The molecule has 0 bridgehead atoms. The number of rotatable bonds is 5. The molecule has 0 spiro atoms. The number of methoxy groups -OCH3 is 1. The number of benzene rings is 2. The van der Waals surface area contributed by atoms with E-state index in [1.54, 1.807) is 7.11 Å². The molecule has 1 atom stereocenters. The Morgan fingerprint density at radius 1 is 0.957 bits per heavy atom. The minimum Gasteiger partial charge on any atom is -0.497 e. The van der Waals surface area contributed by atoms with Gasteiger partial charge in [-0.25, -0.2) is 0 Å². The maximum absolute atomic E-state index is 5.82.